The lowest BCUT2D eigenvalue weighted by Crippen LogP contribution is -2.46. The van der Waals surface area contributed by atoms with Crippen molar-refractivity contribution in [3.63, 3.8) is 0 Å². The monoisotopic (exact) mass is 228 g/mol. The Morgan fingerprint density at radius 1 is 1.46 bits per heavy atom. The summed E-state index contributed by atoms with van der Waals surface area (Å²) in [5.41, 5.74) is 0. The molecule has 1 atom stereocenters. The van der Waals surface area contributed by atoms with Crippen molar-refractivity contribution in [1.29, 1.82) is 0 Å². The SMILES string of the molecule is CN(C1CCCNC1)S(C)(=O)=O.Cl. The topological polar surface area (TPSA) is 49.4 Å². The van der Waals surface area contributed by atoms with Gasteiger partial charge >= 0.3 is 0 Å². The second kappa shape index (κ2) is 5.14. The Labute approximate surface area is 86.1 Å². The van der Waals surface area contributed by atoms with Crippen LogP contribution in [0.25, 0.3) is 0 Å². The fraction of sp³-hybridized carbons (Fsp3) is 1.00. The molecule has 1 saturated heterocycles. The zero-order valence-electron chi connectivity index (χ0n) is 7.99. The number of piperidine rings is 1. The van der Waals surface area contributed by atoms with E-state index in [-0.39, 0.29) is 18.4 Å². The number of hydrogen-bond acceptors (Lipinski definition) is 3. The standard InChI is InChI=1S/C7H16N2O2S.ClH/c1-9(12(2,10)11)7-4-3-5-8-6-7;/h7-8H,3-6H2,1-2H3;1H. The first-order chi connectivity index (χ1) is 5.52. The summed E-state index contributed by atoms with van der Waals surface area (Å²) in [5.74, 6) is 0. The second-order valence-electron chi connectivity index (χ2n) is 3.28. The largest absolute Gasteiger partial charge is 0.315 e. The van der Waals surface area contributed by atoms with Gasteiger partial charge in [0.25, 0.3) is 0 Å². The number of sulfonamides is 1. The van der Waals surface area contributed by atoms with E-state index in [1.807, 2.05) is 0 Å². The van der Waals surface area contributed by atoms with Crippen LogP contribution in [0, 0.1) is 0 Å². The van der Waals surface area contributed by atoms with Gasteiger partial charge in [-0.1, -0.05) is 0 Å². The highest BCUT2D eigenvalue weighted by Gasteiger charge is 2.23. The number of likely N-dealkylation sites (N-methyl/N-ethyl adjacent to an activating group) is 1. The van der Waals surface area contributed by atoms with E-state index in [2.05, 4.69) is 5.32 Å². The molecular weight excluding hydrogens is 212 g/mol. The van der Waals surface area contributed by atoms with E-state index in [9.17, 15) is 8.42 Å². The van der Waals surface area contributed by atoms with Crippen LogP contribution in [0.15, 0.2) is 0 Å². The van der Waals surface area contributed by atoms with E-state index < -0.39 is 10.0 Å². The Bertz CT molecular complexity index is 237. The van der Waals surface area contributed by atoms with Crippen molar-refractivity contribution in [2.75, 3.05) is 26.4 Å². The highest BCUT2D eigenvalue weighted by atomic mass is 35.5. The summed E-state index contributed by atoms with van der Waals surface area (Å²) in [6.45, 7) is 1.79. The molecule has 0 aromatic rings. The smallest absolute Gasteiger partial charge is 0.211 e. The lowest BCUT2D eigenvalue weighted by molar-refractivity contribution is 0.301. The van der Waals surface area contributed by atoms with Crippen LogP contribution in [0.5, 0.6) is 0 Å². The van der Waals surface area contributed by atoms with Gasteiger partial charge in [-0.05, 0) is 19.4 Å². The molecule has 1 heterocycles. The molecule has 80 valence electrons. The van der Waals surface area contributed by atoms with E-state index >= 15 is 0 Å². The van der Waals surface area contributed by atoms with Crippen LogP contribution >= 0.6 is 12.4 Å². The molecule has 0 aromatic heterocycles. The van der Waals surface area contributed by atoms with Gasteiger partial charge in [0, 0.05) is 19.6 Å². The Kier molecular flexibility index (Phi) is 5.21. The quantitative estimate of drug-likeness (QED) is 0.727. The van der Waals surface area contributed by atoms with Gasteiger partial charge in [-0.15, -0.1) is 12.4 Å². The molecular formula is C7H17ClN2O2S. The van der Waals surface area contributed by atoms with Crippen molar-refractivity contribution in [1.82, 2.24) is 9.62 Å². The Morgan fingerprint density at radius 2 is 2.08 bits per heavy atom. The summed E-state index contributed by atoms with van der Waals surface area (Å²) in [4.78, 5) is 0. The lowest BCUT2D eigenvalue weighted by atomic mass is 10.1. The normalized spacial score (nSPS) is 24.1. The third kappa shape index (κ3) is 3.81. The Morgan fingerprint density at radius 3 is 2.46 bits per heavy atom. The first-order valence-corrected chi connectivity index (χ1v) is 6.00. The van der Waals surface area contributed by atoms with Gasteiger partial charge < -0.3 is 5.32 Å². The summed E-state index contributed by atoms with van der Waals surface area (Å²) in [7, 11) is -1.36. The first-order valence-electron chi connectivity index (χ1n) is 4.15. The fourth-order valence-electron chi connectivity index (χ4n) is 1.41. The fourth-order valence-corrected chi connectivity index (χ4v) is 2.14. The van der Waals surface area contributed by atoms with Crippen molar-refractivity contribution in [3.8, 4) is 0 Å². The van der Waals surface area contributed by atoms with Crippen LogP contribution in [0.4, 0.5) is 0 Å². The number of nitrogens with one attached hydrogen (secondary N) is 1. The van der Waals surface area contributed by atoms with E-state index in [1.54, 1.807) is 7.05 Å². The van der Waals surface area contributed by atoms with Crippen molar-refractivity contribution in [2.24, 2.45) is 0 Å². The van der Waals surface area contributed by atoms with E-state index in [4.69, 9.17) is 0 Å². The van der Waals surface area contributed by atoms with Gasteiger partial charge in [-0.25, -0.2) is 12.7 Å². The molecule has 0 spiro atoms. The average molecular weight is 229 g/mol. The molecule has 0 aromatic carbocycles. The molecule has 6 heteroatoms. The summed E-state index contributed by atoms with van der Waals surface area (Å²) < 4.78 is 23.7. The Balaban J connectivity index is 0.00000144. The van der Waals surface area contributed by atoms with Crippen molar-refractivity contribution >= 4 is 22.4 Å². The molecule has 0 radical (unpaired) electrons. The van der Waals surface area contributed by atoms with Crippen LogP contribution < -0.4 is 5.32 Å². The van der Waals surface area contributed by atoms with E-state index in [0.29, 0.717) is 0 Å². The summed E-state index contributed by atoms with van der Waals surface area (Å²) >= 11 is 0. The molecule has 0 saturated carbocycles. The molecule has 13 heavy (non-hydrogen) atoms. The summed E-state index contributed by atoms with van der Waals surface area (Å²) in [6, 6.07) is 0.147. The minimum absolute atomic E-state index is 0. The van der Waals surface area contributed by atoms with Crippen molar-refractivity contribution in [3.05, 3.63) is 0 Å². The minimum atomic E-state index is -3.01. The van der Waals surface area contributed by atoms with Crippen LogP contribution in [-0.2, 0) is 10.0 Å². The maximum absolute atomic E-state index is 11.1. The molecule has 1 fully saturated rings. The number of rotatable bonds is 2. The van der Waals surface area contributed by atoms with Crippen LogP contribution in [0.3, 0.4) is 0 Å². The zero-order valence-corrected chi connectivity index (χ0v) is 9.62. The van der Waals surface area contributed by atoms with Gasteiger partial charge in [0.1, 0.15) is 0 Å². The first kappa shape index (κ1) is 13.2. The van der Waals surface area contributed by atoms with Crippen LogP contribution in [0.1, 0.15) is 12.8 Å². The predicted octanol–water partition coefficient (Wildman–Crippen LogP) is 0.0516. The molecule has 0 aliphatic carbocycles. The maximum atomic E-state index is 11.1. The minimum Gasteiger partial charge on any atom is -0.315 e. The van der Waals surface area contributed by atoms with Crippen LogP contribution in [0.2, 0.25) is 0 Å². The highest BCUT2D eigenvalue weighted by molar-refractivity contribution is 7.88. The predicted molar refractivity (Wildman–Crippen MR) is 55.7 cm³/mol. The molecule has 4 nitrogen and oxygen atoms in total. The molecule has 1 aliphatic heterocycles. The Hall–Kier alpha value is 0.160. The van der Waals surface area contributed by atoms with E-state index in [0.717, 1.165) is 25.9 Å². The third-order valence-corrected chi connectivity index (χ3v) is 3.65. The second-order valence-corrected chi connectivity index (χ2v) is 5.32. The number of halogens is 1. The zero-order chi connectivity index (χ0) is 9.19. The molecule has 0 bridgehead atoms. The molecule has 1 aliphatic rings. The van der Waals surface area contributed by atoms with Gasteiger partial charge in [0.15, 0.2) is 0 Å². The van der Waals surface area contributed by atoms with Gasteiger partial charge in [0.2, 0.25) is 10.0 Å². The van der Waals surface area contributed by atoms with Gasteiger partial charge in [-0.2, -0.15) is 0 Å². The highest BCUT2D eigenvalue weighted by Crippen LogP contribution is 2.10. The molecule has 1 unspecified atom stereocenters. The molecule has 1 rings (SSSR count). The van der Waals surface area contributed by atoms with Gasteiger partial charge in [-0.3, -0.25) is 0 Å². The number of nitrogens with zero attached hydrogens (tertiary/aromatic N) is 1. The lowest BCUT2D eigenvalue weighted by Gasteiger charge is -2.29. The average Bonchev–Trinajstić information content (AvgIpc) is 2.03. The van der Waals surface area contributed by atoms with Crippen LogP contribution in [-0.4, -0.2) is 45.2 Å². The van der Waals surface area contributed by atoms with Gasteiger partial charge in [0.05, 0.1) is 6.26 Å². The summed E-state index contributed by atoms with van der Waals surface area (Å²) in [5, 5.41) is 3.18. The van der Waals surface area contributed by atoms with Crippen molar-refractivity contribution < 1.29 is 8.42 Å². The summed E-state index contributed by atoms with van der Waals surface area (Å²) in [6.07, 6.45) is 3.28. The van der Waals surface area contributed by atoms with Crippen molar-refractivity contribution in [2.45, 2.75) is 18.9 Å². The molecule has 1 N–H and O–H groups in total. The molecule has 0 amide bonds. The third-order valence-electron chi connectivity index (χ3n) is 2.31. The van der Waals surface area contributed by atoms with E-state index in [1.165, 1.54) is 10.6 Å². The number of hydrogen-bond donors (Lipinski definition) is 1. The maximum Gasteiger partial charge on any atom is 0.211 e.